The number of hydrogen-bond donors (Lipinski definition) is 4. The van der Waals surface area contributed by atoms with E-state index in [-0.39, 0.29) is 24.9 Å². The van der Waals surface area contributed by atoms with Gasteiger partial charge in [-0.15, -0.1) is 0 Å². The number of piperidine rings is 1. The van der Waals surface area contributed by atoms with Crippen molar-refractivity contribution >= 4 is 35.3 Å². The van der Waals surface area contributed by atoms with Crippen LogP contribution in [-0.4, -0.2) is 78.2 Å². The van der Waals surface area contributed by atoms with Gasteiger partial charge in [0.15, 0.2) is 0 Å². The van der Waals surface area contributed by atoms with Crippen LogP contribution in [0.3, 0.4) is 0 Å². The van der Waals surface area contributed by atoms with Crippen molar-refractivity contribution in [3.63, 3.8) is 0 Å². The Balaban J connectivity index is 1.49. The minimum absolute atomic E-state index is 0.0511. The summed E-state index contributed by atoms with van der Waals surface area (Å²) in [5, 5.41) is 18.4. The number of methoxy groups -OCH3 is 1. The molecule has 2 aliphatic heterocycles. The molecule has 11 nitrogen and oxygen atoms in total. The number of aliphatic carboxylic acids is 1. The van der Waals surface area contributed by atoms with Gasteiger partial charge in [0.25, 0.3) is 0 Å². The van der Waals surface area contributed by atoms with Gasteiger partial charge in [0.2, 0.25) is 5.91 Å². The summed E-state index contributed by atoms with van der Waals surface area (Å²) < 4.78 is 5.50. The third-order valence-electron chi connectivity index (χ3n) is 7.66. The van der Waals surface area contributed by atoms with Crippen LogP contribution in [0.15, 0.2) is 42.5 Å². The van der Waals surface area contributed by atoms with Gasteiger partial charge in [-0.1, -0.05) is 30.7 Å². The Labute approximate surface area is 240 Å². The Morgan fingerprint density at radius 1 is 1.05 bits per heavy atom. The van der Waals surface area contributed by atoms with E-state index in [1.165, 1.54) is 16.9 Å². The summed E-state index contributed by atoms with van der Waals surface area (Å²) in [4.78, 5) is 54.5. The fourth-order valence-electron chi connectivity index (χ4n) is 5.39. The maximum Gasteiger partial charge on any atom is 0.327 e. The molecule has 0 bridgehead atoms. The number of carbonyl (C=O) groups is 4. The molecule has 0 spiro atoms. The van der Waals surface area contributed by atoms with Gasteiger partial charge in [-0.05, 0) is 68.5 Å². The highest BCUT2D eigenvalue weighted by Gasteiger charge is 2.36. The van der Waals surface area contributed by atoms with Crippen LogP contribution in [0.1, 0.15) is 43.2 Å². The van der Waals surface area contributed by atoms with Crippen LogP contribution in [0.25, 0.3) is 0 Å². The summed E-state index contributed by atoms with van der Waals surface area (Å²) in [5.74, 6) is -1.54. The quantitative estimate of drug-likeness (QED) is 0.397. The molecule has 2 unspecified atom stereocenters. The molecule has 41 heavy (non-hydrogen) atoms. The molecule has 0 saturated carbocycles. The normalized spacial score (nSPS) is 19.0. The highest BCUT2D eigenvalue weighted by atomic mass is 16.5. The average Bonchev–Trinajstić information content (AvgIpc) is 3.24. The molecule has 0 aliphatic carbocycles. The predicted molar refractivity (Wildman–Crippen MR) is 155 cm³/mol. The van der Waals surface area contributed by atoms with Crippen LogP contribution in [-0.2, 0) is 16.0 Å². The second-order valence-corrected chi connectivity index (χ2v) is 10.6. The number of aryl methyl sites for hydroxylation is 1. The van der Waals surface area contributed by atoms with Crippen molar-refractivity contribution in [2.24, 2.45) is 5.92 Å². The molecule has 0 aromatic heterocycles. The van der Waals surface area contributed by atoms with Gasteiger partial charge in [0.1, 0.15) is 5.75 Å². The monoisotopic (exact) mass is 565 g/mol. The first-order chi connectivity index (χ1) is 19.8. The summed E-state index contributed by atoms with van der Waals surface area (Å²) in [7, 11) is 1.48. The summed E-state index contributed by atoms with van der Waals surface area (Å²) in [5.41, 5.74) is 2.67. The van der Waals surface area contributed by atoms with Crippen molar-refractivity contribution in [1.29, 1.82) is 0 Å². The Morgan fingerprint density at radius 2 is 1.83 bits per heavy atom. The van der Waals surface area contributed by atoms with E-state index in [9.17, 15) is 24.3 Å². The molecule has 4 rings (SSSR count). The van der Waals surface area contributed by atoms with E-state index < -0.39 is 23.9 Å². The molecule has 11 heteroatoms. The molecule has 220 valence electrons. The van der Waals surface area contributed by atoms with E-state index >= 15 is 0 Å². The minimum atomic E-state index is -0.926. The Bertz CT molecular complexity index is 1260. The molecule has 2 aromatic rings. The molecule has 0 radical (unpaired) electrons. The number of anilines is 2. The summed E-state index contributed by atoms with van der Waals surface area (Å²) in [6.45, 7) is 3.73. The number of para-hydroxylation sites is 1. The van der Waals surface area contributed by atoms with Gasteiger partial charge in [-0.25, -0.2) is 9.59 Å². The van der Waals surface area contributed by atoms with Crippen LogP contribution >= 0.6 is 0 Å². The highest BCUT2D eigenvalue weighted by Crippen LogP contribution is 2.28. The fourth-order valence-corrected chi connectivity index (χ4v) is 5.39. The maximum absolute atomic E-state index is 13.7. The smallest absolute Gasteiger partial charge is 0.327 e. The number of carbonyl (C=O) groups excluding carboxylic acids is 3. The molecular weight excluding hydrogens is 526 g/mol. The third kappa shape index (κ3) is 7.75. The lowest BCUT2D eigenvalue weighted by Crippen LogP contribution is -2.56. The number of amides is 5. The van der Waals surface area contributed by atoms with Crippen molar-refractivity contribution in [1.82, 2.24) is 15.1 Å². The molecule has 5 amide bonds. The lowest BCUT2D eigenvalue weighted by Gasteiger charge is -2.37. The SMILES string of the molecule is COc1cc(CC(=O)N(C(=O)N2CCCC(C(=O)O)C2)C2CCCCNC2)ccc1NC(=O)Nc1ccccc1C. The van der Waals surface area contributed by atoms with Crippen LogP contribution in [0, 0.1) is 12.8 Å². The zero-order chi connectivity index (χ0) is 29.4. The van der Waals surface area contributed by atoms with Crippen LogP contribution < -0.4 is 20.7 Å². The molecule has 4 N–H and O–H groups in total. The molecule has 2 saturated heterocycles. The number of urea groups is 2. The third-order valence-corrected chi connectivity index (χ3v) is 7.66. The van der Waals surface area contributed by atoms with Gasteiger partial charge in [-0.3, -0.25) is 14.5 Å². The highest BCUT2D eigenvalue weighted by molar-refractivity contribution is 6.01. The number of hydrogen-bond acceptors (Lipinski definition) is 6. The van der Waals surface area contributed by atoms with Gasteiger partial charge in [0, 0.05) is 25.3 Å². The first kappa shape index (κ1) is 29.9. The number of nitrogens with zero attached hydrogens (tertiary/aromatic N) is 2. The molecular formula is C30H39N5O6. The number of likely N-dealkylation sites (tertiary alicyclic amines) is 1. The van der Waals surface area contributed by atoms with Crippen molar-refractivity contribution in [2.75, 3.05) is 43.9 Å². The maximum atomic E-state index is 13.7. The molecule has 2 heterocycles. The number of benzene rings is 2. The second kappa shape index (κ2) is 14.0. The Kier molecular flexibility index (Phi) is 10.2. The fraction of sp³-hybridized carbons (Fsp3) is 0.467. The Morgan fingerprint density at radius 3 is 2.59 bits per heavy atom. The zero-order valence-electron chi connectivity index (χ0n) is 23.7. The van der Waals surface area contributed by atoms with Crippen LogP contribution in [0.2, 0.25) is 0 Å². The van der Waals surface area contributed by atoms with E-state index in [1.807, 2.05) is 31.2 Å². The molecule has 2 atom stereocenters. The standard InChI is InChI=1S/C30H39N5O6/c1-20-8-3-4-11-24(20)32-29(39)33-25-13-12-21(16-26(25)41-2)17-27(36)35(23-10-5-6-14-31-18-23)30(40)34-15-7-9-22(19-34)28(37)38/h3-4,8,11-13,16,22-23,31H,5-7,9-10,14-15,17-19H2,1-2H3,(H,37,38)(H2,32,33,39). The van der Waals surface area contributed by atoms with Gasteiger partial charge < -0.3 is 30.7 Å². The number of rotatable bonds is 7. The predicted octanol–water partition coefficient (Wildman–Crippen LogP) is 4.08. The van der Waals surface area contributed by atoms with E-state index in [1.54, 1.807) is 18.2 Å². The van der Waals surface area contributed by atoms with Crippen molar-refractivity contribution < 1.29 is 29.0 Å². The van der Waals surface area contributed by atoms with Crippen molar-refractivity contribution in [3.8, 4) is 5.75 Å². The summed E-state index contributed by atoms with van der Waals surface area (Å²) in [6, 6.07) is 11.3. The van der Waals surface area contributed by atoms with E-state index in [4.69, 9.17) is 4.74 Å². The molecule has 2 fully saturated rings. The second-order valence-electron chi connectivity index (χ2n) is 10.6. The number of nitrogens with one attached hydrogen (secondary N) is 3. The van der Waals surface area contributed by atoms with Crippen LogP contribution in [0.4, 0.5) is 21.0 Å². The van der Waals surface area contributed by atoms with E-state index in [0.29, 0.717) is 55.0 Å². The minimum Gasteiger partial charge on any atom is -0.495 e. The van der Waals surface area contributed by atoms with Crippen molar-refractivity contribution in [3.05, 3.63) is 53.6 Å². The topological polar surface area (TPSA) is 140 Å². The van der Waals surface area contributed by atoms with Gasteiger partial charge >= 0.3 is 18.0 Å². The number of carboxylic acid groups (broad SMARTS) is 1. The Hall–Kier alpha value is -4.12. The zero-order valence-corrected chi connectivity index (χ0v) is 23.7. The van der Waals surface area contributed by atoms with E-state index in [0.717, 1.165) is 24.9 Å². The lowest BCUT2D eigenvalue weighted by atomic mass is 9.98. The first-order valence-electron chi connectivity index (χ1n) is 14.1. The van der Waals surface area contributed by atoms with E-state index in [2.05, 4.69) is 16.0 Å². The number of ether oxygens (including phenoxy) is 1. The first-order valence-corrected chi connectivity index (χ1v) is 14.1. The van der Waals surface area contributed by atoms with Crippen molar-refractivity contribution in [2.45, 2.75) is 51.5 Å². The van der Waals surface area contributed by atoms with Gasteiger partial charge in [0.05, 0.1) is 31.2 Å². The largest absolute Gasteiger partial charge is 0.495 e. The number of imide groups is 1. The molecule has 2 aromatic carbocycles. The average molecular weight is 566 g/mol. The van der Waals surface area contributed by atoms with Crippen LogP contribution in [0.5, 0.6) is 5.75 Å². The summed E-state index contributed by atoms with van der Waals surface area (Å²) >= 11 is 0. The summed E-state index contributed by atoms with van der Waals surface area (Å²) in [6.07, 6.45) is 3.57. The lowest BCUT2D eigenvalue weighted by molar-refractivity contribution is -0.143. The number of carboxylic acids is 1. The van der Waals surface area contributed by atoms with Gasteiger partial charge in [-0.2, -0.15) is 0 Å². The molecule has 2 aliphatic rings.